The summed E-state index contributed by atoms with van der Waals surface area (Å²) in [4.78, 5) is 6.71. The second-order valence-electron chi connectivity index (χ2n) is 4.54. The van der Waals surface area contributed by atoms with Gasteiger partial charge in [0.1, 0.15) is 0 Å². The molecule has 2 rings (SSSR count). The number of imidazole rings is 1. The number of nitrogens with zero attached hydrogens (tertiary/aromatic N) is 2. The van der Waals surface area contributed by atoms with E-state index < -0.39 is 10.0 Å². The van der Waals surface area contributed by atoms with Gasteiger partial charge in [-0.05, 0) is 26.8 Å². The lowest BCUT2D eigenvalue weighted by Crippen LogP contribution is -2.22. The normalized spacial score (nSPS) is 12.4. The van der Waals surface area contributed by atoms with E-state index in [-0.39, 0.29) is 5.75 Å². The van der Waals surface area contributed by atoms with Crippen molar-refractivity contribution in [2.24, 2.45) is 5.14 Å². The molecule has 0 amide bonds. The number of hydrogen-bond acceptors (Lipinski definition) is 5. The van der Waals surface area contributed by atoms with Gasteiger partial charge in [0.25, 0.3) is 0 Å². The highest BCUT2D eigenvalue weighted by atomic mass is 32.2. The topological polar surface area (TPSA) is 89.5 Å². The minimum Gasteiger partial charge on any atom is -0.311 e. The quantitative estimate of drug-likeness (QED) is 0.772. The predicted molar refractivity (Wildman–Crippen MR) is 76.8 cm³/mol. The van der Waals surface area contributed by atoms with Crippen LogP contribution in [0.4, 0.5) is 0 Å². The minimum absolute atomic E-state index is 0.0123. The van der Waals surface area contributed by atoms with Gasteiger partial charge < -0.3 is 5.32 Å². The maximum atomic E-state index is 10.8. The van der Waals surface area contributed by atoms with Crippen molar-refractivity contribution in [3.05, 3.63) is 22.5 Å². The number of nitrogens with two attached hydrogens (primary N) is 1. The van der Waals surface area contributed by atoms with Crippen LogP contribution in [0.15, 0.2) is 6.20 Å². The number of primary sulfonamides is 1. The summed E-state index contributed by atoms with van der Waals surface area (Å²) in [6.45, 7) is 5.33. The van der Waals surface area contributed by atoms with Gasteiger partial charge in [0, 0.05) is 17.6 Å². The van der Waals surface area contributed by atoms with Crippen molar-refractivity contribution in [1.82, 2.24) is 14.7 Å². The van der Waals surface area contributed by atoms with Crippen molar-refractivity contribution in [3.8, 4) is 0 Å². The third-order valence-corrected chi connectivity index (χ3v) is 4.57. The van der Waals surface area contributed by atoms with Crippen LogP contribution in [0.2, 0.25) is 0 Å². The number of fused-ring (bicyclic) bond motifs is 1. The predicted octanol–water partition coefficient (Wildman–Crippen LogP) is 0.781. The van der Waals surface area contributed by atoms with Crippen molar-refractivity contribution >= 4 is 26.3 Å². The van der Waals surface area contributed by atoms with E-state index in [4.69, 9.17) is 5.14 Å². The average Bonchev–Trinajstić information content (AvgIpc) is 2.74. The van der Waals surface area contributed by atoms with E-state index in [2.05, 4.69) is 27.8 Å². The molecule has 8 heteroatoms. The smallest absolute Gasteiger partial charge is 0.209 e. The summed E-state index contributed by atoms with van der Waals surface area (Å²) in [5.74, 6) is 0.0123. The number of thiazole rings is 1. The van der Waals surface area contributed by atoms with Crippen LogP contribution in [0.3, 0.4) is 0 Å². The monoisotopic (exact) mass is 302 g/mol. The van der Waals surface area contributed by atoms with E-state index >= 15 is 0 Å². The van der Waals surface area contributed by atoms with Gasteiger partial charge in [0.15, 0.2) is 4.96 Å². The Bertz CT molecular complexity index is 672. The lowest BCUT2D eigenvalue weighted by Gasteiger charge is -2.04. The van der Waals surface area contributed by atoms with Gasteiger partial charge in [-0.15, -0.1) is 11.3 Å². The molecule has 0 saturated carbocycles. The maximum Gasteiger partial charge on any atom is 0.209 e. The summed E-state index contributed by atoms with van der Waals surface area (Å²) in [5.41, 5.74) is 2.13. The zero-order valence-electron chi connectivity index (χ0n) is 11.0. The molecule has 3 N–H and O–H groups in total. The third kappa shape index (κ3) is 3.75. The van der Waals surface area contributed by atoms with Crippen LogP contribution in [-0.4, -0.2) is 30.1 Å². The molecule has 6 nitrogen and oxygen atoms in total. The Morgan fingerprint density at radius 1 is 1.47 bits per heavy atom. The van der Waals surface area contributed by atoms with Crippen molar-refractivity contribution in [2.45, 2.75) is 26.8 Å². The minimum atomic E-state index is -3.35. The highest BCUT2D eigenvalue weighted by Crippen LogP contribution is 2.20. The molecule has 0 atom stereocenters. The van der Waals surface area contributed by atoms with Crippen molar-refractivity contribution in [2.75, 3.05) is 12.3 Å². The molecule has 2 aromatic heterocycles. The van der Waals surface area contributed by atoms with Crippen LogP contribution in [-0.2, 0) is 16.6 Å². The van der Waals surface area contributed by atoms with Crippen molar-refractivity contribution < 1.29 is 8.42 Å². The van der Waals surface area contributed by atoms with Gasteiger partial charge in [0.05, 0.1) is 17.1 Å². The fourth-order valence-corrected chi connectivity index (χ4v) is 3.36. The second kappa shape index (κ2) is 5.58. The molecule has 19 heavy (non-hydrogen) atoms. The first-order valence-electron chi connectivity index (χ1n) is 6.02. The largest absolute Gasteiger partial charge is 0.311 e. The van der Waals surface area contributed by atoms with Gasteiger partial charge in [0.2, 0.25) is 10.0 Å². The third-order valence-electron chi connectivity index (χ3n) is 2.82. The van der Waals surface area contributed by atoms with Crippen LogP contribution in [0.5, 0.6) is 0 Å². The zero-order chi connectivity index (χ0) is 14.0. The molecule has 106 valence electrons. The van der Waals surface area contributed by atoms with Gasteiger partial charge in [-0.25, -0.2) is 18.5 Å². The molecular formula is C11H18N4O2S2. The van der Waals surface area contributed by atoms with Crippen molar-refractivity contribution in [3.63, 3.8) is 0 Å². The standard InChI is InChI=1S/C11H18N4O2S2/c1-8-7-15-10(9(2)14-11(15)18-8)6-13-4-3-5-19(12,16)17/h7,13H,3-6H2,1-2H3,(H2,12,16,17). The Hall–Kier alpha value is -0.960. The number of aromatic nitrogens is 2. The number of nitrogens with one attached hydrogen (secondary N) is 1. The van der Waals surface area contributed by atoms with E-state index in [9.17, 15) is 8.42 Å². The first kappa shape index (κ1) is 14.4. The fourth-order valence-electron chi connectivity index (χ4n) is 1.93. The molecule has 0 aliphatic carbocycles. The van der Waals surface area contributed by atoms with Gasteiger partial charge >= 0.3 is 0 Å². The van der Waals surface area contributed by atoms with E-state index in [1.54, 1.807) is 11.3 Å². The zero-order valence-corrected chi connectivity index (χ0v) is 12.6. The molecule has 0 aliphatic rings. The molecule has 0 fully saturated rings. The molecule has 2 heterocycles. The number of hydrogen-bond donors (Lipinski definition) is 2. The van der Waals surface area contributed by atoms with Crippen LogP contribution in [0, 0.1) is 13.8 Å². The van der Waals surface area contributed by atoms with Crippen LogP contribution < -0.4 is 10.5 Å². The molecule has 0 saturated heterocycles. The fraction of sp³-hybridized carbons (Fsp3) is 0.545. The van der Waals surface area contributed by atoms with Crippen LogP contribution >= 0.6 is 11.3 Å². The number of aryl methyl sites for hydroxylation is 2. The summed E-state index contributed by atoms with van der Waals surface area (Å²) in [6.07, 6.45) is 2.59. The first-order valence-corrected chi connectivity index (χ1v) is 8.55. The van der Waals surface area contributed by atoms with E-state index in [0.717, 1.165) is 16.3 Å². The molecule has 0 unspecified atom stereocenters. The summed E-state index contributed by atoms with van der Waals surface area (Å²) >= 11 is 1.66. The van der Waals surface area contributed by atoms with Gasteiger partial charge in [-0.1, -0.05) is 0 Å². The Morgan fingerprint density at radius 2 is 2.21 bits per heavy atom. The Kier molecular flexibility index (Phi) is 4.24. The lowest BCUT2D eigenvalue weighted by molar-refractivity contribution is 0.589. The average molecular weight is 302 g/mol. The molecule has 2 aromatic rings. The molecule has 0 spiro atoms. The van der Waals surface area contributed by atoms with Gasteiger partial charge in [-0.2, -0.15) is 0 Å². The molecular weight excluding hydrogens is 284 g/mol. The van der Waals surface area contributed by atoms with E-state index in [1.807, 2.05) is 6.92 Å². The van der Waals surface area contributed by atoms with Gasteiger partial charge in [-0.3, -0.25) is 4.40 Å². The lowest BCUT2D eigenvalue weighted by atomic mass is 10.3. The summed E-state index contributed by atoms with van der Waals surface area (Å²) in [5, 5.41) is 8.17. The number of rotatable bonds is 6. The molecule has 0 aliphatic heterocycles. The summed E-state index contributed by atoms with van der Waals surface area (Å²) in [7, 11) is -3.35. The van der Waals surface area contributed by atoms with Crippen molar-refractivity contribution in [1.29, 1.82) is 0 Å². The summed E-state index contributed by atoms with van der Waals surface area (Å²) in [6, 6.07) is 0. The molecule has 0 aromatic carbocycles. The summed E-state index contributed by atoms with van der Waals surface area (Å²) < 4.78 is 23.7. The highest BCUT2D eigenvalue weighted by Gasteiger charge is 2.10. The maximum absolute atomic E-state index is 10.8. The first-order chi connectivity index (χ1) is 8.87. The second-order valence-corrected chi connectivity index (χ2v) is 7.48. The van der Waals surface area contributed by atoms with E-state index in [0.29, 0.717) is 19.5 Å². The SMILES string of the molecule is Cc1cn2c(CNCCCS(N)(=O)=O)c(C)nc2s1. The van der Waals surface area contributed by atoms with Crippen LogP contribution in [0.1, 0.15) is 22.7 Å². The molecule has 0 radical (unpaired) electrons. The van der Waals surface area contributed by atoms with E-state index in [1.165, 1.54) is 4.88 Å². The molecule has 0 bridgehead atoms. The Labute approximate surface area is 116 Å². The Balaban J connectivity index is 1.92. The Morgan fingerprint density at radius 3 is 2.89 bits per heavy atom. The van der Waals surface area contributed by atoms with Crippen LogP contribution in [0.25, 0.3) is 4.96 Å². The number of sulfonamides is 1. The highest BCUT2D eigenvalue weighted by molar-refractivity contribution is 7.89.